The van der Waals surface area contributed by atoms with E-state index in [0.717, 1.165) is 65.1 Å². The largest absolute Gasteiger partial charge is 0.497 e. The van der Waals surface area contributed by atoms with E-state index in [9.17, 15) is 9.59 Å². The summed E-state index contributed by atoms with van der Waals surface area (Å²) in [7, 11) is 3.38. The number of amides is 2. The molecule has 0 saturated carbocycles. The van der Waals surface area contributed by atoms with E-state index in [-0.39, 0.29) is 18.2 Å². The first-order valence-electron chi connectivity index (χ1n) is 16.6. The Hall–Kier alpha value is -4.37. The number of piperidine rings is 1. The Labute approximate surface area is 278 Å². The summed E-state index contributed by atoms with van der Waals surface area (Å²) in [5, 5.41) is 3.00. The highest BCUT2D eigenvalue weighted by Gasteiger charge is 2.30. The van der Waals surface area contributed by atoms with Crippen molar-refractivity contribution in [2.24, 2.45) is 0 Å². The molecular weight excluding hydrogens is 592 g/mol. The lowest BCUT2D eigenvalue weighted by Gasteiger charge is -2.34. The Morgan fingerprint density at radius 3 is 2.36 bits per heavy atom. The number of fused-ring (bicyclic) bond motifs is 1. The highest BCUT2D eigenvalue weighted by molar-refractivity contribution is 5.79. The maximum absolute atomic E-state index is 13.9. The Morgan fingerprint density at radius 2 is 1.68 bits per heavy atom. The van der Waals surface area contributed by atoms with Gasteiger partial charge < -0.3 is 29.0 Å². The van der Waals surface area contributed by atoms with Crippen molar-refractivity contribution in [1.82, 2.24) is 19.8 Å². The van der Waals surface area contributed by atoms with Crippen molar-refractivity contribution in [1.29, 1.82) is 0 Å². The molecule has 9 nitrogen and oxygen atoms in total. The van der Waals surface area contributed by atoms with E-state index < -0.39 is 17.7 Å². The first-order valence-corrected chi connectivity index (χ1v) is 16.6. The van der Waals surface area contributed by atoms with Gasteiger partial charge in [0, 0.05) is 51.7 Å². The number of nitrogens with zero attached hydrogens (tertiary/aromatic N) is 3. The van der Waals surface area contributed by atoms with Crippen LogP contribution in [0.2, 0.25) is 0 Å². The summed E-state index contributed by atoms with van der Waals surface area (Å²) < 4.78 is 18.5. The quantitative estimate of drug-likeness (QED) is 0.168. The molecule has 3 aromatic carbocycles. The van der Waals surface area contributed by atoms with Crippen LogP contribution in [0.1, 0.15) is 63.8 Å². The minimum atomic E-state index is -0.645. The van der Waals surface area contributed by atoms with Crippen molar-refractivity contribution in [3.8, 4) is 16.9 Å². The number of rotatable bonds is 12. The Bertz CT molecular complexity index is 1620. The highest BCUT2D eigenvalue weighted by atomic mass is 16.6. The molecule has 1 fully saturated rings. The van der Waals surface area contributed by atoms with Gasteiger partial charge in [0.2, 0.25) is 5.91 Å². The molecule has 2 atom stereocenters. The Morgan fingerprint density at radius 1 is 0.979 bits per heavy atom. The molecule has 1 N–H and O–H groups in total. The van der Waals surface area contributed by atoms with Crippen LogP contribution in [-0.2, 0) is 27.2 Å². The first kappa shape index (κ1) is 34.0. The number of imidazole rings is 1. The topological polar surface area (TPSA) is 94.9 Å². The van der Waals surface area contributed by atoms with Crippen LogP contribution in [0.15, 0.2) is 72.8 Å². The third-order valence-corrected chi connectivity index (χ3v) is 8.55. The second-order valence-corrected chi connectivity index (χ2v) is 13.3. The van der Waals surface area contributed by atoms with Crippen molar-refractivity contribution in [2.75, 3.05) is 33.9 Å². The van der Waals surface area contributed by atoms with Crippen molar-refractivity contribution >= 4 is 23.0 Å². The number of aryl methyl sites for hydroxylation is 1. The van der Waals surface area contributed by atoms with Crippen LogP contribution < -0.4 is 10.1 Å². The van der Waals surface area contributed by atoms with Crippen molar-refractivity contribution in [3.63, 3.8) is 0 Å². The normalized spacial score (nSPS) is 15.8. The molecule has 1 saturated heterocycles. The highest BCUT2D eigenvalue weighted by Crippen LogP contribution is 2.30. The number of nitrogens with one attached hydrogen (secondary N) is 1. The number of methoxy groups -OCH3 is 2. The lowest BCUT2D eigenvalue weighted by Crippen LogP contribution is -2.46. The smallest absolute Gasteiger partial charge is 0.407 e. The van der Waals surface area contributed by atoms with Gasteiger partial charge in [0.1, 0.15) is 17.2 Å². The number of likely N-dealkylation sites (tertiary alicyclic amines) is 1. The van der Waals surface area contributed by atoms with Crippen molar-refractivity contribution in [2.45, 2.75) is 77.0 Å². The number of alkyl carbamates (subject to hydrolysis) is 1. The van der Waals surface area contributed by atoms with Gasteiger partial charge in [-0.25, -0.2) is 9.78 Å². The summed E-state index contributed by atoms with van der Waals surface area (Å²) in [6, 6.07) is 24.0. The summed E-state index contributed by atoms with van der Waals surface area (Å²) in [4.78, 5) is 33.8. The molecule has 250 valence electrons. The molecule has 0 bridgehead atoms. The fourth-order valence-electron chi connectivity index (χ4n) is 6.31. The average Bonchev–Trinajstić information content (AvgIpc) is 3.43. The van der Waals surface area contributed by atoms with Crippen LogP contribution in [0.25, 0.3) is 22.2 Å². The second-order valence-electron chi connectivity index (χ2n) is 13.3. The number of ether oxygens (including phenoxy) is 3. The van der Waals surface area contributed by atoms with Gasteiger partial charge in [-0.1, -0.05) is 48.5 Å². The van der Waals surface area contributed by atoms with Crippen LogP contribution in [0.5, 0.6) is 5.75 Å². The van der Waals surface area contributed by atoms with Crippen LogP contribution >= 0.6 is 0 Å². The van der Waals surface area contributed by atoms with Crippen LogP contribution in [0, 0.1) is 0 Å². The monoisotopic (exact) mass is 640 g/mol. The zero-order valence-corrected chi connectivity index (χ0v) is 28.3. The minimum Gasteiger partial charge on any atom is -0.497 e. The van der Waals surface area contributed by atoms with Gasteiger partial charge in [-0.05, 0) is 87.4 Å². The number of hydrogen-bond acceptors (Lipinski definition) is 6. The third-order valence-electron chi connectivity index (χ3n) is 8.55. The molecule has 2 amide bonds. The summed E-state index contributed by atoms with van der Waals surface area (Å²) >= 11 is 0. The molecule has 0 unspecified atom stereocenters. The van der Waals surface area contributed by atoms with E-state index in [1.54, 1.807) is 14.2 Å². The molecule has 1 aliphatic rings. The number of aromatic nitrogens is 2. The Kier molecular flexibility index (Phi) is 11.2. The summed E-state index contributed by atoms with van der Waals surface area (Å²) in [5.74, 6) is 1.99. The van der Waals surface area contributed by atoms with Gasteiger partial charge >= 0.3 is 6.09 Å². The van der Waals surface area contributed by atoms with Gasteiger partial charge in [0.15, 0.2) is 0 Å². The standard InChI is InChI=1S/C38H48N4O5/c1-38(2,3)47-37(44)39-31(24-27-13-15-28(16-14-27)29-17-19-32(46-5)20-18-29)25-35(43)41-21-8-10-30(26-41)36-40-33-11-6-7-12-34(33)42(36)22-9-23-45-4/h6-7,11-20,30-31H,8-10,21-26H2,1-5H3,(H,39,44)/t30-,31-/m1/s1. The SMILES string of the molecule is COCCCn1c([C@@H]2CCCN(C(=O)C[C@@H](Cc3ccc(-c4ccc(OC)cc4)cc3)NC(=O)OC(C)(C)C)C2)nc2ccccc21. The molecular formula is C38H48N4O5. The average molecular weight is 641 g/mol. The predicted octanol–water partition coefficient (Wildman–Crippen LogP) is 6.98. The number of carbonyl (C=O) groups is 2. The van der Waals surface area contributed by atoms with Gasteiger partial charge in [-0.3, -0.25) is 4.79 Å². The van der Waals surface area contributed by atoms with E-state index in [2.05, 4.69) is 40.2 Å². The maximum atomic E-state index is 13.9. The fourth-order valence-corrected chi connectivity index (χ4v) is 6.31. The molecule has 1 aliphatic heterocycles. The van der Waals surface area contributed by atoms with Gasteiger partial charge in [-0.2, -0.15) is 0 Å². The maximum Gasteiger partial charge on any atom is 0.407 e. The van der Waals surface area contributed by atoms with Gasteiger partial charge in [0.25, 0.3) is 0 Å². The molecule has 2 heterocycles. The van der Waals surface area contributed by atoms with Crippen LogP contribution in [0.3, 0.4) is 0 Å². The molecule has 1 aromatic heterocycles. The van der Waals surface area contributed by atoms with E-state index in [4.69, 9.17) is 19.2 Å². The summed E-state index contributed by atoms with van der Waals surface area (Å²) in [5.41, 5.74) is 4.63. The number of para-hydroxylation sites is 2. The second kappa shape index (κ2) is 15.5. The first-order chi connectivity index (χ1) is 22.6. The van der Waals surface area contributed by atoms with E-state index in [1.807, 2.05) is 68.1 Å². The van der Waals surface area contributed by atoms with Crippen LogP contribution in [0.4, 0.5) is 4.79 Å². The summed E-state index contributed by atoms with van der Waals surface area (Å²) in [6.07, 6.45) is 2.91. The van der Waals surface area contributed by atoms with Crippen LogP contribution in [-0.4, -0.2) is 72.0 Å². The van der Waals surface area contributed by atoms with E-state index in [0.29, 0.717) is 26.1 Å². The molecule has 0 spiro atoms. The number of benzene rings is 3. The van der Waals surface area contributed by atoms with Gasteiger partial charge in [-0.15, -0.1) is 0 Å². The van der Waals surface area contributed by atoms with Crippen molar-refractivity contribution in [3.05, 3.63) is 84.2 Å². The van der Waals surface area contributed by atoms with Gasteiger partial charge in [0.05, 0.1) is 18.1 Å². The molecule has 9 heteroatoms. The number of hydrogen-bond donors (Lipinski definition) is 1. The predicted molar refractivity (Wildman–Crippen MR) is 185 cm³/mol. The lowest BCUT2D eigenvalue weighted by molar-refractivity contribution is -0.132. The Balaban J connectivity index is 1.30. The lowest BCUT2D eigenvalue weighted by atomic mass is 9.95. The molecule has 0 radical (unpaired) electrons. The fraction of sp³-hybridized carbons (Fsp3) is 0.447. The minimum absolute atomic E-state index is 0.0210. The molecule has 5 rings (SSSR count). The molecule has 0 aliphatic carbocycles. The zero-order valence-electron chi connectivity index (χ0n) is 28.3. The number of carbonyl (C=O) groups excluding carboxylic acids is 2. The molecule has 47 heavy (non-hydrogen) atoms. The molecule has 4 aromatic rings. The zero-order chi connectivity index (χ0) is 33.4. The van der Waals surface area contributed by atoms with E-state index in [1.165, 1.54) is 0 Å². The van der Waals surface area contributed by atoms with Crippen molar-refractivity contribution < 1.29 is 23.8 Å². The van der Waals surface area contributed by atoms with E-state index >= 15 is 0 Å². The summed E-state index contributed by atoms with van der Waals surface area (Å²) in [6.45, 7) is 8.28. The third kappa shape index (κ3) is 9.13.